The lowest BCUT2D eigenvalue weighted by Gasteiger charge is -2.15. The van der Waals surface area contributed by atoms with Gasteiger partial charge in [0, 0.05) is 50.1 Å². The molecule has 0 spiro atoms. The summed E-state index contributed by atoms with van der Waals surface area (Å²) in [6, 6.07) is 5.50. The van der Waals surface area contributed by atoms with Crippen molar-refractivity contribution in [3.8, 4) is 17.3 Å². The smallest absolute Gasteiger partial charge is 0.222 e. The van der Waals surface area contributed by atoms with Crippen LogP contribution in [0, 0.1) is 0 Å². The normalized spacial score (nSPS) is 14.0. The van der Waals surface area contributed by atoms with Gasteiger partial charge < -0.3 is 15.0 Å². The van der Waals surface area contributed by atoms with Crippen LogP contribution in [0.4, 0.5) is 5.82 Å². The van der Waals surface area contributed by atoms with E-state index in [-0.39, 0.29) is 5.91 Å². The fourth-order valence-electron chi connectivity index (χ4n) is 2.66. The van der Waals surface area contributed by atoms with Crippen LogP contribution in [0.25, 0.3) is 11.4 Å². The number of aromatic nitrogens is 3. The number of carbonyl (C=O) groups excluding carboxylic acids is 1. The fraction of sp³-hybridized carbons (Fsp3) is 0.412. The van der Waals surface area contributed by atoms with E-state index in [1.807, 2.05) is 17.0 Å². The molecule has 7 nitrogen and oxygen atoms in total. The second-order valence-corrected chi connectivity index (χ2v) is 5.62. The first-order valence-electron chi connectivity index (χ1n) is 8.11. The van der Waals surface area contributed by atoms with Gasteiger partial charge in [0.05, 0.1) is 7.11 Å². The van der Waals surface area contributed by atoms with Crippen LogP contribution in [-0.2, 0) is 4.79 Å². The fourth-order valence-corrected chi connectivity index (χ4v) is 2.66. The molecule has 3 heterocycles. The van der Waals surface area contributed by atoms with Gasteiger partial charge >= 0.3 is 0 Å². The third-order valence-corrected chi connectivity index (χ3v) is 3.94. The first kappa shape index (κ1) is 16.2. The average Bonchev–Trinajstić information content (AvgIpc) is 3.04. The van der Waals surface area contributed by atoms with Crippen LogP contribution in [0.1, 0.15) is 19.3 Å². The predicted octanol–water partition coefficient (Wildman–Crippen LogP) is 1.97. The van der Waals surface area contributed by atoms with Crippen molar-refractivity contribution in [3.63, 3.8) is 0 Å². The van der Waals surface area contributed by atoms with E-state index < -0.39 is 0 Å². The van der Waals surface area contributed by atoms with Gasteiger partial charge in [-0.2, -0.15) is 0 Å². The number of carbonyl (C=O) groups is 1. The summed E-state index contributed by atoms with van der Waals surface area (Å²) >= 11 is 0. The summed E-state index contributed by atoms with van der Waals surface area (Å²) in [5.41, 5.74) is 0.835. The molecule has 1 saturated heterocycles. The van der Waals surface area contributed by atoms with Gasteiger partial charge in [-0.15, -0.1) is 0 Å². The van der Waals surface area contributed by atoms with Crippen LogP contribution in [0.15, 0.2) is 30.6 Å². The summed E-state index contributed by atoms with van der Waals surface area (Å²) in [6.07, 6.45) is 5.99. The third-order valence-electron chi connectivity index (χ3n) is 3.94. The third kappa shape index (κ3) is 3.98. The zero-order chi connectivity index (χ0) is 16.8. The summed E-state index contributed by atoms with van der Waals surface area (Å²) in [6.45, 7) is 2.45. The number of methoxy groups -OCH3 is 1. The molecular weight excluding hydrogens is 306 g/mol. The Kier molecular flexibility index (Phi) is 5.20. The highest BCUT2D eigenvalue weighted by Crippen LogP contribution is 2.17. The Morgan fingerprint density at radius 2 is 2.21 bits per heavy atom. The summed E-state index contributed by atoms with van der Waals surface area (Å²) in [5, 5.41) is 3.28. The molecule has 1 aliphatic rings. The highest BCUT2D eigenvalue weighted by molar-refractivity contribution is 5.78. The largest absolute Gasteiger partial charge is 0.481 e. The van der Waals surface area contributed by atoms with E-state index in [1.165, 1.54) is 0 Å². The van der Waals surface area contributed by atoms with E-state index in [0.29, 0.717) is 18.1 Å². The highest BCUT2D eigenvalue weighted by Gasteiger charge is 2.18. The molecular formula is C17H21N5O2. The second kappa shape index (κ2) is 7.72. The number of hydrogen-bond acceptors (Lipinski definition) is 6. The molecule has 0 unspecified atom stereocenters. The quantitative estimate of drug-likeness (QED) is 0.783. The Morgan fingerprint density at radius 3 is 2.92 bits per heavy atom. The molecule has 2 aromatic heterocycles. The standard InChI is InChI=1S/C17H21N5O2/c1-24-15-6-5-13(12-20-15)17-19-9-7-14(21-17)18-8-3-11-22-10-2-4-16(22)23/h5-7,9,12H,2-4,8,10-11H2,1H3,(H,18,19,21). The summed E-state index contributed by atoms with van der Waals surface area (Å²) in [7, 11) is 1.58. The van der Waals surface area contributed by atoms with E-state index in [2.05, 4.69) is 20.3 Å². The van der Waals surface area contributed by atoms with Crippen molar-refractivity contribution in [1.82, 2.24) is 19.9 Å². The van der Waals surface area contributed by atoms with Crippen LogP contribution in [0.2, 0.25) is 0 Å². The molecule has 7 heteroatoms. The van der Waals surface area contributed by atoms with E-state index >= 15 is 0 Å². The first-order chi connectivity index (χ1) is 11.8. The summed E-state index contributed by atoms with van der Waals surface area (Å²) in [4.78, 5) is 26.4. The minimum atomic E-state index is 0.270. The molecule has 3 rings (SSSR count). The van der Waals surface area contributed by atoms with Crippen molar-refractivity contribution < 1.29 is 9.53 Å². The molecule has 0 aliphatic carbocycles. The molecule has 24 heavy (non-hydrogen) atoms. The van der Waals surface area contributed by atoms with Gasteiger partial charge in [-0.05, 0) is 25.0 Å². The summed E-state index contributed by atoms with van der Waals surface area (Å²) in [5.74, 6) is 2.21. The van der Waals surface area contributed by atoms with Crippen LogP contribution in [0.5, 0.6) is 5.88 Å². The Morgan fingerprint density at radius 1 is 1.29 bits per heavy atom. The lowest BCUT2D eigenvalue weighted by atomic mass is 10.2. The number of rotatable bonds is 7. The number of ether oxygens (including phenoxy) is 1. The molecule has 126 valence electrons. The molecule has 0 radical (unpaired) electrons. The molecule has 1 N–H and O–H groups in total. The Balaban J connectivity index is 1.53. The minimum Gasteiger partial charge on any atom is -0.481 e. The van der Waals surface area contributed by atoms with Crippen molar-refractivity contribution in [2.45, 2.75) is 19.3 Å². The van der Waals surface area contributed by atoms with E-state index in [1.54, 1.807) is 25.6 Å². The second-order valence-electron chi connectivity index (χ2n) is 5.62. The van der Waals surface area contributed by atoms with Gasteiger partial charge in [0.2, 0.25) is 11.8 Å². The molecule has 0 aromatic carbocycles. The summed E-state index contributed by atoms with van der Waals surface area (Å²) < 4.78 is 5.05. The van der Waals surface area contributed by atoms with Crippen molar-refractivity contribution >= 4 is 11.7 Å². The van der Waals surface area contributed by atoms with Crippen molar-refractivity contribution in [2.75, 3.05) is 32.1 Å². The number of amides is 1. The zero-order valence-electron chi connectivity index (χ0n) is 13.7. The molecule has 1 aliphatic heterocycles. The molecule has 1 fully saturated rings. The van der Waals surface area contributed by atoms with E-state index in [4.69, 9.17) is 4.74 Å². The topological polar surface area (TPSA) is 80.2 Å². The maximum atomic E-state index is 11.6. The number of anilines is 1. The van der Waals surface area contributed by atoms with Gasteiger partial charge in [0.25, 0.3) is 0 Å². The SMILES string of the molecule is COc1ccc(-c2nccc(NCCCN3CCCC3=O)n2)cn1. The number of hydrogen-bond donors (Lipinski definition) is 1. The van der Waals surface area contributed by atoms with Gasteiger partial charge in [-0.25, -0.2) is 15.0 Å². The lowest BCUT2D eigenvalue weighted by molar-refractivity contribution is -0.127. The van der Waals surface area contributed by atoms with Gasteiger partial charge in [0.1, 0.15) is 5.82 Å². The van der Waals surface area contributed by atoms with Gasteiger partial charge in [0.15, 0.2) is 5.82 Å². The number of pyridine rings is 1. The first-order valence-corrected chi connectivity index (χ1v) is 8.11. The van der Waals surface area contributed by atoms with Crippen LogP contribution < -0.4 is 10.1 Å². The van der Waals surface area contributed by atoms with Crippen molar-refractivity contribution in [2.24, 2.45) is 0 Å². The zero-order valence-corrected chi connectivity index (χ0v) is 13.7. The van der Waals surface area contributed by atoms with Crippen molar-refractivity contribution in [1.29, 1.82) is 0 Å². The molecule has 2 aromatic rings. The number of nitrogens with one attached hydrogen (secondary N) is 1. The Bertz CT molecular complexity index is 690. The lowest BCUT2D eigenvalue weighted by Crippen LogP contribution is -2.27. The average molecular weight is 327 g/mol. The molecule has 0 saturated carbocycles. The van der Waals surface area contributed by atoms with E-state index in [0.717, 1.165) is 43.9 Å². The maximum Gasteiger partial charge on any atom is 0.222 e. The highest BCUT2D eigenvalue weighted by atomic mass is 16.5. The molecule has 0 atom stereocenters. The van der Waals surface area contributed by atoms with E-state index in [9.17, 15) is 4.79 Å². The maximum absolute atomic E-state index is 11.6. The van der Waals surface area contributed by atoms with Gasteiger partial charge in [-0.3, -0.25) is 4.79 Å². The molecule has 1 amide bonds. The predicted molar refractivity (Wildman–Crippen MR) is 90.7 cm³/mol. The minimum absolute atomic E-state index is 0.270. The number of nitrogens with zero attached hydrogens (tertiary/aromatic N) is 4. The monoisotopic (exact) mass is 327 g/mol. The number of likely N-dealkylation sites (tertiary alicyclic amines) is 1. The Labute approximate surface area is 141 Å². The van der Waals surface area contributed by atoms with Crippen molar-refractivity contribution in [3.05, 3.63) is 30.6 Å². The van der Waals surface area contributed by atoms with Crippen LogP contribution >= 0.6 is 0 Å². The van der Waals surface area contributed by atoms with Crippen LogP contribution in [0.3, 0.4) is 0 Å². The molecule has 0 bridgehead atoms. The van der Waals surface area contributed by atoms with Gasteiger partial charge in [-0.1, -0.05) is 0 Å². The Hall–Kier alpha value is -2.70. The van der Waals surface area contributed by atoms with Crippen LogP contribution in [-0.4, -0.2) is 52.5 Å².